The van der Waals surface area contributed by atoms with Crippen LogP contribution in [-0.2, 0) is 11.3 Å². The van der Waals surface area contributed by atoms with Crippen molar-refractivity contribution in [3.05, 3.63) is 42.1 Å². The molecule has 2 aromatic rings. The molecule has 0 spiro atoms. The van der Waals surface area contributed by atoms with Gasteiger partial charge in [-0.25, -0.2) is 0 Å². The molecule has 0 saturated heterocycles. The van der Waals surface area contributed by atoms with E-state index in [0.717, 1.165) is 43.4 Å². The molecule has 4 aliphatic rings. The Morgan fingerprint density at radius 1 is 1.19 bits per heavy atom. The van der Waals surface area contributed by atoms with Crippen LogP contribution in [0.25, 0.3) is 11.3 Å². The Hall–Kier alpha value is -2.14. The van der Waals surface area contributed by atoms with Gasteiger partial charge in [-0.3, -0.25) is 4.79 Å². The number of nitrogens with zero attached hydrogens (tertiary/aromatic N) is 1. The number of benzene rings is 1. The first-order valence-electron chi connectivity index (χ1n) is 10.0. The molecule has 2 N–H and O–H groups in total. The van der Waals surface area contributed by atoms with Gasteiger partial charge >= 0.3 is 0 Å². The SMILES string of the molecule is O=C(CC12C[C@H]3C[C@@H](CC(O)(C3)C1)C2)NCc1cc(-c2ccccc2)on1. The van der Waals surface area contributed by atoms with E-state index in [1.165, 1.54) is 6.42 Å². The molecule has 6 rings (SSSR count). The van der Waals surface area contributed by atoms with Gasteiger partial charge in [-0.1, -0.05) is 35.5 Å². The number of carbonyl (C=O) groups is 1. The van der Waals surface area contributed by atoms with Gasteiger partial charge in [0.25, 0.3) is 0 Å². The van der Waals surface area contributed by atoms with Crippen LogP contribution >= 0.6 is 0 Å². The number of nitrogens with one attached hydrogen (secondary N) is 1. The third kappa shape index (κ3) is 3.29. The highest BCUT2D eigenvalue weighted by atomic mass is 16.5. The van der Waals surface area contributed by atoms with Crippen molar-refractivity contribution in [2.45, 2.75) is 57.1 Å². The van der Waals surface area contributed by atoms with E-state index < -0.39 is 5.60 Å². The lowest BCUT2D eigenvalue weighted by Crippen LogP contribution is -2.56. The Balaban J connectivity index is 1.20. The summed E-state index contributed by atoms with van der Waals surface area (Å²) in [5.74, 6) is 1.98. The molecular weight excluding hydrogens is 340 g/mol. The summed E-state index contributed by atoms with van der Waals surface area (Å²) in [7, 11) is 0. The van der Waals surface area contributed by atoms with Crippen molar-refractivity contribution in [1.82, 2.24) is 10.5 Å². The van der Waals surface area contributed by atoms with E-state index in [1.807, 2.05) is 36.4 Å². The normalized spacial score (nSPS) is 34.0. The van der Waals surface area contributed by atoms with Crippen LogP contribution in [0.3, 0.4) is 0 Å². The third-order valence-electron chi connectivity index (χ3n) is 6.77. The molecule has 5 nitrogen and oxygen atoms in total. The quantitative estimate of drug-likeness (QED) is 0.846. The fraction of sp³-hybridized carbons (Fsp3) is 0.545. The zero-order chi connectivity index (χ0) is 18.5. The first-order chi connectivity index (χ1) is 13.0. The zero-order valence-electron chi connectivity index (χ0n) is 15.5. The van der Waals surface area contributed by atoms with E-state index in [-0.39, 0.29) is 11.3 Å². The molecule has 1 aromatic heterocycles. The number of hydrogen-bond acceptors (Lipinski definition) is 4. The van der Waals surface area contributed by atoms with Crippen LogP contribution < -0.4 is 5.32 Å². The Bertz CT molecular complexity index is 830. The largest absolute Gasteiger partial charge is 0.390 e. The molecule has 5 heteroatoms. The minimum absolute atomic E-state index is 0.00192. The van der Waals surface area contributed by atoms with Crippen LogP contribution in [0.4, 0.5) is 0 Å². The summed E-state index contributed by atoms with van der Waals surface area (Å²) in [6, 6.07) is 11.7. The Morgan fingerprint density at radius 3 is 2.63 bits per heavy atom. The van der Waals surface area contributed by atoms with Gasteiger partial charge in [0, 0.05) is 18.1 Å². The number of aliphatic hydroxyl groups is 1. The van der Waals surface area contributed by atoms with Crippen molar-refractivity contribution in [3.63, 3.8) is 0 Å². The summed E-state index contributed by atoms with van der Waals surface area (Å²) in [4.78, 5) is 12.6. The van der Waals surface area contributed by atoms with Gasteiger partial charge in [-0.05, 0) is 55.8 Å². The monoisotopic (exact) mass is 366 g/mol. The van der Waals surface area contributed by atoms with E-state index in [0.29, 0.717) is 30.6 Å². The van der Waals surface area contributed by atoms with Gasteiger partial charge < -0.3 is 14.9 Å². The van der Waals surface area contributed by atoms with E-state index in [9.17, 15) is 9.90 Å². The third-order valence-corrected chi connectivity index (χ3v) is 6.77. The number of carbonyl (C=O) groups excluding carboxylic acids is 1. The summed E-state index contributed by atoms with van der Waals surface area (Å²) >= 11 is 0. The molecule has 0 unspecified atom stereocenters. The lowest BCUT2D eigenvalue weighted by atomic mass is 9.47. The van der Waals surface area contributed by atoms with Crippen molar-refractivity contribution in [1.29, 1.82) is 0 Å². The molecule has 1 heterocycles. The highest BCUT2D eigenvalue weighted by Gasteiger charge is 2.57. The van der Waals surface area contributed by atoms with Gasteiger partial charge in [0.1, 0.15) is 5.69 Å². The highest BCUT2D eigenvalue weighted by Crippen LogP contribution is 2.62. The molecule has 4 aliphatic carbocycles. The number of rotatable bonds is 5. The predicted octanol–water partition coefficient (Wildman–Crippen LogP) is 3.68. The summed E-state index contributed by atoms with van der Waals surface area (Å²) in [5.41, 5.74) is 1.19. The van der Waals surface area contributed by atoms with Crippen molar-refractivity contribution >= 4 is 5.91 Å². The molecule has 4 fully saturated rings. The summed E-state index contributed by atoms with van der Waals surface area (Å²) < 4.78 is 5.40. The minimum atomic E-state index is -0.513. The van der Waals surface area contributed by atoms with E-state index >= 15 is 0 Å². The Labute approximate surface area is 159 Å². The lowest BCUT2D eigenvalue weighted by Gasteiger charge is -2.60. The second-order valence-corrected chi connectivity index (χ2v) is 9.19. The van der Waals surface area contributed by atoms with Gasteiger partial charge in [0.15, 0.2) is 5.76 Å². The maximum Gasteiger partial charge on any atom is 0.220 e. The van der Waals surface area contributed by atoms with Crippen molar-refractivity contribution in [3.8, 4) is 11.3 Å². The van der Waals surface area contributed by atoms with E-state index in [4.69, 9.17) is 4.52 Å². The average molecular weight is 366 g/mol. The molecular formula is C22H26N2O3. The maximum absolute atomic E-state index is 12.6. The topological polar surface area (TPSA) is 75.4 Å². The summed E-state index contributed by atoms with van der Waals surface area (Å²) in [5, 5.41) is 17.9. The van der Waals surface area contributed by atoms with Gasteiger partial charge in [0.05, 0.1) is 12.1 Å². The van der Waals surface area contributed by atoms with Crippen LogP contribution in [0.5, 0.6) is 0 Å². The number of aromatic nitrogens is 1. The van der Waals surface area contributed by atoms with Crippen molar-refractivity contribution < 1.29 is 14.4 Å². The number of amides is 1. The molecule has 4 bridgehead atoms. The first kappa shape index (κ1) is 17.0. The lowest BCUT2D eigenvalue weighted by molar-refractivity contribution is -0.169. The van der Waals surface area contributed by atoms with Gasteiger partial charge in [-0.2, -0.15) is 0 Å². The maximum atomic E-state index is 12.6. The first-order valence-corrected chi connectivity index (χ1v) is 10.0. The van der Waals surface area contributed by atoms with Crippen molar-refractivity contribution in [2.24, 2.45) is 17.3 Å². The molecule has 4 saturated carbocycles. The van der Waals surface area contributed by atoms with Crippen molar-refractivity contribution in [2.75, 3.05) is 0 Å². The van der Waals surface area contributed by atoms with E-state index in [2.05, 4.69) is 10.5 Å². The highest BCUT2D eigenvalue weighted by molar-refractivity contribution is 5.76. The predicted molar refractivity (Wildman–Crippen MR) is 100 cm³/mol. The van der Waals surface area contributed by atoms with Crippen LogP contribution in [-0.4, -0.2) is 21.8 Å². The summed E-state index contributed by atoms with van der Waals surface area (Å²) in [6.45, 7) is 0.377. The molecule has 142 valence electrons. The molecule has 27 heavy (non-hydrogen) atoms. The second kappa shape index (κ2) is 6.20. The smallest absolute Gasteiger partial charge is 0.220 e. The number of hydrogen-bond donors (Lipinski definition) is 2. The van der Waals surface area contributed by atoms with Crippen LogP contribution in [0.2, 0.25) is 0 Å². The van der Waals surface area contributed by atoms with Gasteiger partial charge in [0.2, 0.25) is 5.91 Å². The fourth-order valence-electron chi connectivity index (χ4n) is 6.33. The minimum Gasteiger partial charge on any atom is -0.390 e. The van der Waals surface area contributed by atoms with Crippen LogP contribution in [0, 0.1) is 17.3 Å². The molecule has 1 amide bonds. The van der Waals surface area contributed by atoms with Crippen LogP contribution in [0.15, 0.2) is 40.9 Å². The summed E-state index contributed by atoms with van der Waals surface area (Å²) in [6.07, 6.45) is 6.63. The fourth-order valence-corrected chi connectivity index (χ4v) is 6.33. The Kier molecular flexibility index (Phi) is 3.90. The second-order valence-electron chi connectivity index (χ2n) is 9.19. The van der Waals surface area contributed by atoms with Crippen LogP contribution in [0.1, 0.15) is 50.6 Å². The average Bonchev–Trinajstić information content (AvgIpc) is 3.07. The zero-order valence-corrected chi connectivity index (χ0v) is 15.5. The molecule has 0 radical (unpaired) electrons. The van der Waals surface area contributed by atoms with E-state index in [1.54, 1.807) is 0 Å². The Morgan fingerprint density at radius 2 is 1.93 bits per heavy atom. The van der Waals surface area contributed by atoms with Gasteiger partial charge in [-0.15, -0.1) is 0 Å². The molecule has 2 atom stereocenters. The standard InChI is InChI=1S/C22H26N2O3/c25-20(12-21-8-15-6-16(9-21)11-22(26,10-15)14-21)23-13-18-7-19(27-24-18)17-4-2-1-3-5-17/h1-5,7,15-16,26H,6,8-14H2,(H,23,25)/t15-,16-,21?,22?/m1/s1. The molecule has 1 aromatic carbocycles. The molecule has 0 aliphatic heterocycles.